The van der Waals surface area contributed by atoms with Crippen molar-refractivity contribution in [2.45, 2.75) is 12.5 Å². The summed E-state index contributed by atoms with van der Waals surface area (Å²) in [5.74, 6) is -0.517. The summed E-state index contributed by atoms with van der Waals surface area (Å²) in [5, 5.41) is 0. The van der Waals surface area contributed by atoms with Gasteiger partial charge in [0.2, 0.25) is 0 Å². The zero-order chi connectivity index (χ0) is 12.5. The first-order valence-corrected chi connectivity index (χ1v) is 5.10. The number of nitrogens with zero attached hydrogens (tertiary/aromatic N) is 1. The van der Waals surface area contributed by atoms with E-state index < -0.39 is 18.0 Å². The van der Waals surface area contributed by atoms with E-state index in [-0.39, 0.29) is 11.6 Å². The van der Waals surface area contributed by atoms with Crippen molar-refractivity contribution in [1.82, 2.24) is 0 Å². The molecule has 1 aromatic carbocycles. The molecule has 0 aliphatic carbocycles. The number of hydrogen-bond donors (Lipinski definition) is 1. The monoisotopic (exact) mass is 238 g/mol. The predicted molar refractivity (Wildman–Crippen MR) is 60.6 cm³/mol. The van der Waals surface area contributed by atoms with E-state index in [9.17, 15) is 8.78 Å². The van der Waals surface area contributed by atoms with Crippen LogP contribution in [0, 0.1) is 12.7 Å². The Morgan fingerprint density at radius 3 is 2.88 bits per heavy atom. The van der Waals surface area contributed by atoms with Gasteiger partial charge in [0.1, 0.15) is 18.0 Å². The molecule has 0 aromatic heterocycles. The molecule has 0 saturated carbocycles. The summed E-state index contributed by atoms with van der Waals surface area (Å²) < 4.78 is 31.8. The van der Waals surface area contributed by atoms with Gasteiger partial charge in [-0.2, -0.15) is 0 Å². The SMILES string of the molecule is Cc1ccc(F)c([C@]2(CF)C=COC(N)=N2)c1. The van der Waals surface area contributed by atoms with Gasteiger partial charge in [0, 0.05) is 5.56 Å². The van der Waals surface area contributed by atoms with Gasteiger partial charge in [-0.1, -0.05) is 17.7 Å². The summed E-state index contributed by atoms with van der Waals surface area (Å²) in [4.78, 5) is 3.87. The molecule has 0 bridgehead atoms. The van der Waals surface area contributed by atoms with Crippen LogP contribution >= 0.6 is 0 Å². The Kier molecular flexibility index (Phi) is 2.83. The van der Waals surface area contributed by atoms with Crippen LogP contribution in [0.5, 0.6) is 0 Å². The summed E-state index contributed by atoms with van der Waals surface area (Å²) >= 11 is 0. The Morgan fingerprint density at radius 1 is 1.47 bits per heavy atom. The molecule has 0 radical (unpaired) electrons. The second-order valence-electron chi connectivity index (χ2n) is 3.91. The lowest BCUT2D eigenvalue weighted by atomic mass is 9.90. The first-order chi connectivity index (χ1) is 8.07. The van der Waals surface area contributed by atoms with Gasteiger partial charge in [-0.25, -0.2) is 13.8 Å². The number of hydrogen-bond acceptors (Lipinski definition) is 3. The largest absolute Gasteiger partial charge is 0.434 e. The smallest absolute Gasteiger partial charge is 0.288 e. The molecule has 3 nitrogen and oxygen atoms in total. The van der Waals surface area contributed by atoms with Crippen molar-refractivity contribution < 1.29 is 13.5 Å². The maximum absolute atomic E-state index is 13.8. The number of rotatable bonds is 2. The van der Waals surface area contributed by atoms with Crippen molar-refractivity contribution in [3.05, 3.63) is 47.5 Å². The molecule has 1 aliphatic heterocycles. The predicted octanol–water partition coefficient (Wildman–Crippen LogP) is 2.16. The molecule has 0 amide bonds. The van der Waals surface area contributed by atoms with E-state index in [2.05, 4.69) is 4.99 Å². The van der Waals surface area contributed by atoms with E-state index in [1.807, 2.05) is 0 Å². The molecule has 0 unspecified atom stereocenters. The average Bonchev–Trinajstić information content (AvgIpc) is 2.32. The second kappa shape index (κ2) is 4.16. The summed E-state index contributed by atoms with van der Waals surface area (Å²) in [6, 6.07) is 4.28. The Hall–Kier alpha value is -1.91. The van der Waals surface area contributed by atoms with Crippen LogP contribution in [-0.4, -0.2) is 12.7 Å². The van der Waals surface area contributed by atoms with Crippen LogP contribution in [0.2, 0.25) is 0 Å². The Morgan fingerprint density at radius 2 is 2.24 bits per heavy atom. The normalized spacial score (nSPS) is 23.1. The summed E-state index contributed by atoms with van der Waals surface area (Å²) in [5.41, 5.74) is 4.96. The first kappa shape index (κ1) is 11.6. The molecular formula is C12H12F2N2O. The minimum atomic E-state index is -1.42. The minimum Gasteiger partial charge on any atom is -0.434 e. The fourth-order valence-electron chi connectivity index (χ4n) is 1.74. The van der Waals surface area contributed by atoms with Crippen molar-refractivity contribution >= 4 is 6.02 Å². The third-order valence-electron chi connectivity index (χ3n) is 2.63. The lowest BCUT2D eigenvalue weighted by Crippen LogP contribution is -2.32. The summed E-state index contributed by atoms with van der Waals surface area (Å²) in [6.07, 6.45) is 2.59. The van der Waals surface area contributed by atoms with E-state index in [0.717, 1.165) is 5.56 Å². The van der Waals surface area contributed by atoms with Gasteiger partial charge < -0.3 is 10.5 Å². The summed E-state index contributed by atoms with van der Waals surface area (Å²) in [7, 11) is 0. The average molecular weight is 238 g/mol. The van der Waals surface area contributed by atoms with Crippen LogP contribution in [-0.2, 0) is 10.3 Å². The summed E-state index contributed by atoms with van der Waals surface area (Å²) in [6.45, 7) is 0.916. The van der Waals surface area contributed by atoms with Crippen molar-refractivity contribution in [1.29, 1.82) is 0 Å². The van der Waals surface area contributed by atoms with E-state index in [4.69, 9.17) is 10.5 Å². The standard InChI is InChI=1S/C12H12F2N2O/c1-8-2-3-10(14)9(6-8)12(7-13)4-5-17-11(15)16-12/h2-6H,7H2,1H3,(H2,15,16)/t12-/m1/s1. The quantitative estimate of drug-likeness (QED) is 0.858. The highest BCUT2D eigenvalue weighted by molar-refractivity contribution is 5.74. The van der Waals surface area contributed by atoms with E-state index >= 15 is 0 Å². The van der Waals surface area contributed by atoms with Gasteiger partial charge in [0.15, 0.2) is 0 Å². The van der Waals surface area contributed by atoms with Gasteiger partial charge in [0.05, 0.1) is 6.26 Å². The lowest BCUT2D eigenvalue weighted by Gasteiger charge is -2.26. The van der Waals surface area contributed by atoms with Gasteiger partial charge in [-0.3, -0.25) is 0 Å². The van der Waals surface area contributed by atoms with Gasteiger partial charge >= 0.3 is 0 Å². The molecule has 90 valence electrons. The Bertz CT molecular complexity index is 499. The highest BCUT2D eigenvalue weighted by atomic mass is 19.1. The van der Waals surface area contributed by atoms with Gasteiger partial charge in [-0.15, -0.1) is 0 Å². The number of amidine groups is 1. The Labute approximate surface area is 97.6 Å². The van der Waals surface area contributed by atoms with E-state index in [1.54, 1.807) is 19.1 Å². The maximum Gasteiger partial charge on any atom is 0.288 e. The molecule has 1 aliphatic rings. The van der Waals surface area contributed by atoms with Crippen LogP contribution in [0.15, 0.2) is 35.5 Å². The number of benzene rings is 1. The molecule has 1 aromatic rings. The molecule has 0 fully saturated rings. The molecule has 2 N–H and O–H groups in total. The van der Waals surface area contributed by atoms with Crippen molar-refractivity contribution in [2.24, 2.45) is 10.7 Å². The minimum absolute atomic E-state index is 0.155. The Balaban J connectivity index is 2.59. The fraction of sp³-hybridized carbons (Fsp3) is 0.250. The van der Waals surface area contributed by atoms with E-state index in [0.29, 0.717) is 0 Å². The van der Waals surface area contributed by atoms with Gasteiger partial charge in [-0.05, 0) is 19.1 Å². The van der Waals surface area contributed by atoms with Crippen molar-refractivity contribution in [3.63, 3.8) is 0 Å². The van der Waals surface area contributed by atoms with Crippen LogP contribution in [0.3, 0.4) is 0 Å². The highest BCUT2D eigenvalue weighted by Gasteiger charge is 2.35. The third-order valence-corrected chi connectivity index (χ3v) is 2.63. The number of nitrogens with two attached hydrogens (primary N) is 1. The molecule has 5 heteroatoms. The first-order valence-electron chi connectivity index (χ1n) is 5.10. The van der Waals surface area contributed by atoms with Crippen LogP contribution < -0.4 is 5.73 Å². The van der Waals surface area contributed by atoms with Crippen LogP contribution in [0.1, 0.15) is 11.1 Å². The topological polar surface area (TPSA) is 47.6 Å². The molecule has 1 heterocycles. The molecule has 0 saturated heterocycles. The number of halogens is 2. The highest BCUT2D eigenvalue weighted by Crippen LogP contribution is 2.33. The number of ether oxygens (including phenoxy) is 1. The molecule has 0 spiro atoms. The maximum atomic E-state index is 13.8. The zero-order valence-corrected chi connectivity index (χ0v) is 9.28. The van der Waals surface area contributed by atoms with Gasteiger partial charge in [0.25, 0.3) is 6.02 Å². The fourth-order valence-corrected chi connectivity index (χ4v) is 1.74. The third kappa shape index (κ3) is 2.00. The molecule has 17 heavy (non-hydrogen) atoms. The van der Waals surface area contributed by atoms with Crippen LogP contribution in [0.4, 0.5) is 8.78 Å². The number of alkyl halides is 1. The molecule has 2 rings (SSSR count). The second-order valence-corrected chi connectivity index (χ2v) is 3.91. The zero-order valence-electron chi connectivity index (χ0n) is 9.28. The van der Waals surface area contributed by atoms with Crippen LogP contribution in [0.25, 0.3) is 0 Å². The number of aryl methyl sites for hydroxylation is 1. The van der Waals surface area contributed by atoms with E-state index in [1.165, 1.54) is 18.4 Å². The lowest BCUT2D eigenvalue weighted by molar-refractivity contribution is 0.326. The molecule has 1 atom stereocenters. The molecular weight excluding hydrogens is 226 g/mol. The number of aliphatic imine (C=N–C) groups is 1. The van der Waals surface area contributed by atoms with Crippen molar-refractivity contribution in [3.8, 4) is 0 Å². The van der Waals surface area contributed by atoms with Crippen molar-refractivity contribution in [2.75, 3.05) is 6.67 Å².